The van der Waals surface area contributed by atoms with E-state index in [4.69, 9.17) is 16.6 Å². The third-order valence-corrected chi connectivity index (χ3v) is 5.10. The second-order valence-corrected chi connectivity index (χ2v) is 6.84. The van der Waals surface area contributed by atoms with Crippen molar-refractivity contribution in [2.75, 3.05) is 36.0 Å². The molecule has 0 radical (unpaired) electrons. The molecule has 4 rings (SSSR count). The van der Waals surface area contributed by atoms with Crippen LogP contribution in [0, 0.1) is 0 Å². The number of anilines is 2. The number of pyridine rings is 1. The van der Waals surface area contributed by atoms with Crippen molar-refractivity contribution in [3.8, 4) is 0 Å². The fraction of sp³-hybridized carbons (Fsp3) is 0.500. The Balaban J connectivity index is 1.83. The van der Waals surface area contributed by atoms with E-state index < -0.39 is 0 Å². The topological polar surface area (TPSA) is 19.4 Å². The lowest BCUT2D eigenvalue weighted by molar-refractivity contribution is 0.579. The summed E-state index contributed by atoms with van der Waals surface area (Å²) in [5.74, 6) is 1.13. The zero-order valence-corrected chi connectivity index (χ0v) is 13.6. The number of rotatable bonds is 2. The minimum Gasteiger partial charge on any atom is -0.371 e. The summed E-state index contributed by atoms with van der Waals surface area (Å²) in [4.78, 5) is 9.83. The molecule has 0 saturated carbocycles. The van der Waals surface area contributed by atoms with Gasteiger partial charge in [0.05, 0.1) is 5.52 Å². The zero-order chi connectivity index (χ0) is 14.9. The largest absolute Gasteiger partial charge is 0.371 e. The van der Waals surface area contributed by atoms with Gasteiger partial charge in [-0.1, -0.05) is 11.6 Å². The normalized spacial score (nSPS) is 19.1. The van der Waals surface area contributed by atoms with Gasteiger partial charge in [-0.25, -0.2) is 4.98 Å². The van der Waals surface area contributed by atoms with Gasteiger partial charge in [0, 0.05) is 48.3 Å². The van der Waals surface area contributed by atoms with E-state index in [9.17, 15) is 0 Å². The highest BCUT2D eigenvalue weighted by molar-refractivity contribution is 6.31. The maximum absolute atomic E-state index is 6.24. The number of hydrogen-bond acceptors (Lipinski definition) is 3. The molecule has 2 aromatic rings. The van der Waals surface area contributed by atoms with Crippen LogP contribution in [0.15, 0.2) is 24.3 Å². The fourth-order valence-corrected chi connectivity index (χ4v) is 3.84. The molecule has 1 aromatic carbocycles. The second kappa shape index (κ2) is 5.96. The predicted octanol–water partition coefficient (Wildman–Crippen LogP) is 4.48. The average Bonchev–Trinajstić information content (AvgIpc) is 3.09. The summed E-state index contributed by atoms with van der Waals surface area (Å²) in [5, 5.41) is 1.99. The van der Waals surface area contributed by atoms with Gasteiger partial charge < -0.3 is 9.80 Å². The van der Waals surface area contributed by atoms with Crippen molar-refractivity contribution in [1.82, 2.24) is 4.98 Å². The van der Waals surface area contributed by atoms with Gasteiger partial charge in [0.15, 0.2) is 0 Å². The number of fused-ring (bicyclic) bond motifs is 1. The third-order valence-electron chi connectivity index (χ3n) is 4.86. The van der Waals surface area contributed by atoms with E-state index in [0.29, 0.717) is 0 Å². The first-order valence-electron chi connectivity index (χ1n) is 8.41. The Morgan fingerprint density at radius 1 is 0.818 bits per heavy atom. The van der Waals surface area contributed by atoms with Crippen LogP contribution in [0.5, 0.6) is 0 Å². The third kappa shape index (κ3) is 2.63. The van der Waals surface area contributed by atoms with E-state index in [0.717, 1.165) is 42.5 Å². The smallest absolute Gasteiger partial charge is 0.131 e. The molecular formula is C18H22ClN3. The highest BCUT2D eigenvalue weighted by atomic mass is 35.5. The lowest BCUT2D eigenvalue weighted by atomic mass is 10.1. The van der Waals surface area contributed by atoms with E-state index >= 15 is 0 Å². The molecule has 0 aliphatic carbocycles. The van der Waals surface area contributed by atoms with Crippen molar-refractivity contribution in [3.05, 3.63) is 29.3 Å². The zero-order valence-electron chi connectivity index (χ0n) is 12.9. The van der Waals surface area contributed by atoms with Gasteiger partial charge in [-0.2, -0.15) is 0 Å². The Hall–Kier alpha value is -1.48. The number of aromatic nitrogens is 1. The molecule has 3 heterocycles. The van der Waals surface area contributed by atoms with Crippen molar-refractivity contribution in [2.45, 2.75) is 32.1 Å². The highest BCUT2D eigenvalue weighted by Crippen LogP contribution is 2.34. The number of halogens is 1. The first-order valence-corrected chi connectivity index (χ1v) is 8.79. The fourth-order valence-electron chi connectivity index (χ4n) is 3.67. The molecule has 0 atom stereocenters. The molecule has 22 heavy (non-hydrogen) atoms. The van der Waals surface area contributed by atoms with Crippen molar-refractivity contribution >= 4 is 34.0 Å². The number of benzene rings is 1. The summed E-state index contributed by atoms with van der Waals surface area (Å²) < 4.78 is 0. The Morgan fingerprint density at radius 3 is 2.27 bits per heavy atom. The van der Waals surface area contributed by atoms with E-state index in [1.165, 1.54) is 43.2 Å². The van der Waals surface area contributed by atoms with Crippen LogP contribution in [0.2, 0.25) is 5.02 Å². The summed E-state index contributed by atoms with van der Waals surface area (Å²) in [6.07, 6.45) is 6.46. The van der Waals surface area contributed by atoms with E-state index in [1.54, 1.807) is 0 Å². The Morgan fingerprint density at radius 2 is 1.50 bits per heavy atom. The summed E-state index contributed by atoms with van der Waals surface area (Å²) in [7, 11) is 0. The summed E-state index contributed by atoms with van der Waals surface area (Å²) in [6, 6.07) is 8.37. The minimum absolute atomic E-state index is 0.793. The van der Waals surface area contributed by atoms with Gasteiger partial charge in [0.2, 0.25) is 0 Å². The molecule has 1 aromatic heterocycles. The van der Waals surface area contributed by atoms with E-state index in [1.807, 2.05) is 6.07 Å². The molecule has 3 nitrogen and oxygen atoms in total. The Kier molecular flexibility index (Phi) is 3.83. The molecule has 0 unspecified atom stereocenters. The molecule has 116 valence electrons. The lowest BCUT2D eigenvalue weighted by Crippen LogP contribution is -2.30. The van der Waals surface area contributed by atoms with E-state index in [2.05, 4.69) is 28.0 Å². The monoisotopic (exact) mass is 315 g/mol. The van der Waals surface area contributed by atoms with Gasteiger partial charge in [-0.15, -0.1) is 0 Å². The molecule has 0 N–H and O–H groups in total. The van der Waals surface area contributed by atoms with Crippen molar-refractivity contribution in [2.24, 2.45) is 0 Å². The molecule has 2 saturated heterocycles. The van der Waals surface area contributed by atoms with Gasteiger partial charge in [0.1, 0.15) is 5.82 Å². The molecular weight excluding hydrogens is 294 g/mol. The van der Waals surface area contributed by atoms with Crippen molar-refractivity contribution in [1.29, 1.82) is 0 Å². The lowest BCUT2D eigenvalue weighted by Gasteiger charge is -2.31. The summed E-state index contributed by atoms with van der Waals surface area (Å²) >= 11 is 6.24. The number of piperidine rings is 1. The maximum atomic E-state index is 6.24. The quantitative estimate of drug-likeness (QED) is 0.814. The van der Waals surface area contributed by atoms with Crippen LogP contribution < -0.4 is 9.80 Å². The van der Waals surface area contributed by atoms with Crippen LogP contribution in [0.25, 0.3) is 10.9 Å². The van der Waals surface area contributed by atoms with Crippen LogP contribution in [0.3, 0.4) is 0 Å². The predicted molar refractivity (Wildman–Crippen MR) is 94.3 cm³/mol. The summed E-state index contributed by atoms with van der Waals surface area (Å²) in [6.45, 7) is 4.55. The highest BCUT2D eigenvalue weighted by Gasteiger charge is 2.19. The summed E-state index contributed by atoms with van der Waals surface area (Å²) in [5.41, 5.74) is 2.38. The van der Waals surface area contributed by atoms with Crippen LogP contribution in [-0.4, -0.2) is 31.2 Å². The van der Waals surface area contributed by atoms with Crippen LogP contribution in [-0.2, 0) is 0 Å². The van der Waals surface area contributed by atoms with Gasteiger partial charge in [0.25, 0.3) is 0 Å². The van der Waals surface area contributed by atoms with Crippen molar-refractivity contribution in [3.63, 3.8) is 0 Å². The molecule has 0 bridgehead atoms. The number of nitrogens with zero attached hydrogens (tertiary/aromatic N) is 3. The van der Waals surface area contributed by atoms with Crippen LogP contribution in [0.4, 0.5) is 11.5 Å². The minimum atomic E-state index is 0.793. The van der Waals surface area contributed by atoms with Gasteiger partial charge in [-0.3, -0.25) is 0 Å². The average molecular weight is 316 g/mol. The first-order chi connectivity index (χ1) is 10.8. The van der Waals surface area contributed by atoms with Gasteiger partial charge in [-0.05, 0) is 50.3 Å². The molecule has 2 aliphatic rings. The molecule has 0 amide bonds. The standard InChI is InChI=1S/C18H22ClN3/c19-14-6-7-16-15(12-14)17(21-8-2-1-3-9-21)13-18(20-16)22-10-4-5-11-22/h6-7,12-13H,1-5,8-11H2. The molecule has 2 aliphatic heterocycles. The SMILES string of the molecule is Clc1ccc2nc(N3CCCC3)cc(N3CCCCC3)c2c1. The van der Waals surface area contributed by atoms with Gasteiger partial charge >= 0.3 is 0 Å². The van der Waals surface area contributed by atoms with Crippen LogP contribution in [0.1, 0.15) is 32.1 Å². The van der Waals surface area contributed by atoms with Crippen LogP contribution >= 0.6 is 11.6 Å². The molecule has 4 heteroatoms. The van der Waals surface area contributed by atoms with Crippen molar-refractivity contribution < 1.29 is 0 Å². The Bertz CT molecular complexity index is 673. The number of hydrogen-bond donors (Lipinski definition) is 0. The molecule has 2 fully saturated rings. The Labute approximate surface area is 136 Å². The van der Waals surface area contributed by atoms with E-state index in [-0.39, 0.29) is 0 Å². The second-order valence-electron chi connectivity index (χ2n) is 6.40. The molecule has 0 spiro atoms. The maximum Gasteiger partial charge on any atom is 0.131 e. The first kappa shape index (κ1) is 14.1.